The summed E-state index contributed by atoms with van der Waals surface area (Å²) in [5.41, 5.74) is 0. The van der Waals surface area contributed by atoms with Gasteiger partial charge in [-0.3, -0.25) is 0 Å². The zero-order valence-electron chi connectivity index (χ0n) is 12.9. The normalized spacial score (nSPS) is 19.5. The second-order valence-electron chi connectivity index (χ2n) is 6.13. The molecule has 2 heterocycles. The van der Waals surface area contributed by atoms with E-state index in [0.717, 1.165) is 63.0 Å². The van der Waals surface area contributed by atoms with Crippen LogP contribution >= 0.6 is 0 Å². The molecule has 1 aliphatic heterocycles. The van der Waals surface area contributed by atoms with Crippen molar-refractivity contribution in [1.82, 2.24) is 9.97 Å². The molecule has 1 aromatic rings. The van der Waals surface area contributed by atoms with Crippen molar-refractivity contribution in [2.45, 2.75) is 44.9 Å². The van der Waals surface area contributed by atoms with Crippen LogP contribution in [0.15, 0.2) is 6.07 Å². The SMILES string of the molecule is CCCNc1cc(NCC2CCOCC2)nc(C2CC2)n1. The molecule has 116 valence electrons. The van der Waals surface area contributed by atoms with Gasteiger partial charge in [-0.1, -0.05) is 6.92 Å². The van der Waals surface area contributed by atoms with Gasteiger partial charge in [-0.05, 0) is 38.0 Å². The zero-order chi connectivity index (χ0) is 14.5. The molecule has 3 rings (SSSR count). The van der Waals surface area contributed by atoms with Crippen molar-refractivity contribution in [2.24, 2.45) is 5.92 Å². The fourth-order valence-corrected chi connectivity index (χ4v) is 2.62. The Labute approximate surface area is 126 Å². The van der Waals surface area contributed by atoms with E-state index in [1.807, 2.05) is 6.07 Å². The van der Waals surface area contributed by atoms with Crippen molar-refractivity contribution in [1.29, 1.82) is 0 Å². The molecule has 2 aliphatic rings. The van der Waals surface area contributed by atoms with Crippen LogP contribution in [0.5, 0.6) is 0 Å². The van der Waals surface area contributed by atoms with Gasteiger partial charge in [0.2, 0.25) is 0 Å². The standard InChI is InChI=1S/C16H26N4O/c1-2-7-17-14-10-15(20-16(19-14)13-3-4-13)18-11-12-5-8-21-9-6-12/h10,12-13H,2-9,11H2,1H3,(H2,17,18,19,20). The molecular formula is C16H26N4O. The van der Waals surface area contributed by atoms with E-state index in [-0.39, 0.29) is 0 Å². The van der Waals surface area contributed by atoms with E-state index in [4.69, 9.17) is 9.72 Å². The third-order valence-corrected chi connectivity index (χ3v) is 4.15. The second kappa shape index (κ2) is 7.07. The molecule has 0 aromatic carbocycles. The van der Waals surface area contributed by atoms with Gasteiger partial charge in [0, 0.05) is 38.3 Å². The number of aromatic nitrogens is 2. The van der Waals surface area contributed by atoms with E-state index in [2.05, 4.69) is 22.5 Å². The average Bonchev–Trinajstić information content (AvgIpc) is 3.37. The Morgan fingerprint density at radius 2 is 1.81 bits per heavy atom. The number of hydrogen-bond donors (Lipinski definition) is 2. The van der Waals surface area contributed by atoms with Crippen LogP contribution in [0.1, 0.15) is 50.8 Å². The smallest absolute Gasteiger partial charge is 0.136 e. The Hall–Kier alpha value is -1.36. The lowest BCUT2D eigenvalue weighted by atomic mass is 10.0. The maximum atomic E-state index is 5.41. The zero-order valence-corrected chi connectivity index (χ0v) is 12.9. The lowest BCUT2D eigenvalue weighted by Crippen LogP contribution is -2.23. The van der Waals surface area contributed by atoms with E-state index in [0.29, 0.717) is 11.8 Å². The number of rotatable bonds is 7. The minimum Gasteiger partial charge on any atom is -0.381 e. The van der Waals surface area contributed by atoms with Crippen LogP contribution in [-0.4, -0.2) is 36.3 Å². The molecule has 1 aliphatic carbocycles. The van der Waals surface area contributed by atoms with Gasteiger partial charge in [0.25, 0.3) is 0 Å². The van der Waals surface area contributed by atoms with Crippen LogP contribution in [0.25, 0.3) is 0 Å². The van der Waals surface area contributed by atoms with Crippen LogP contribution in [0.4, 0.5) is 11.6 Å². The third kappa shape index (κ3) is 4.30. The second-order valence-corrected chi connectivity index (χ2v) is 6.13. The van der Waals surface area contributed by atoms with Crippen molar-refractivity contribution >= 4 is 11.6 Å². The fraction of sp³-hybridized carbons (Fsp3) is 0.750. The topological polar surface area (TPSA) is 59.1 Å². The van der Waals surface area contributed by atoms with Crippen molar-refractivity contribution in [2.75, 3.05) is 36.9 Å². The number of anilines is 2. The van der Waals surface area contributed by atoms with Crippen molar-refractivity contribution in [3.05, 3.63) is 11.9 Å². The minimum atomic E-state index is 0.581. The molecule has 1 aromatic heterocycles. The van der Waals surface area contributed by atoms with Gasteiger partial charge in [0.05, 0.1) is 0 Å². The van der Waals surface area contributed by atoms with E-state index < -0.39 is 0 Å². The fourth-order valence-electron chi connectivity index (χ4n) is 2.62. The molecule has 2 fully saturated rings. The lowest BCUT2D eigenvalue weighted by Gasteiger charge is -2.22. The predicted molar refractivity (Wildman–Crippen MR) is 84.8 cm³/mol. The monoisotopic (exact) mass is 290 g/mol. The summed E-state index contributed by atoms with van der Waals surface area (Å²) in [6.07, 6.45) is 5.86. The van der Waals surface area contributed by atoms with E-state index in [1.165, 1.54) is 12.8 Å². The van der Waals surface area contributed by atoms with Gasteiger partial charge in [-0.15, -0.1) is 0 Å². The van der Waals surface area contributed by atoms with E-state index in [9.17, 15) is 0 Å². The summed E-state index contributed by atoms with van der Waals surface area (Å²) in [7, 11) is 0. The van der Waals surface area contributed by atoms with Gasteiger partial charge < -0.3 is 15.4 Å². The summed E-state index contributed by atoms with van der Waals surface area (Å²) in [6.45, 7) is 5.90. The third-order valence-electron chi connectivity index (χ3n) is 4.15. The molecule has 1 saturated heterocycles. The highest BCUT2D eigenvalue weighted by Gasteiger charge is 2.27. The molecule has 0 radical (unpaired) electrons. The summed E-state index contributed by atoms with van der Waals surface area (Å²) in [6, 6.07) is 2.04. The quantitative estimate of drug-likeness (QED) is 0.808. The molecule has 21 heavy (non-hydrogen) atoms. The number of nitrogens with zero attached hydrogens (tertiary/aromatic N) is 2. The Morgan fingerprint density at radius 1 is 1.10 bits per heavy atom. The molecule has 2 N–H and O–H groups in total. The molecule has 0 spiro atoms. The molecule has 0 amide bonds. The van der Waals surface area contributed by atoms with Gasteiger partial charge in [0.15, 0.2) is 0 Å². The largest absolute Gasteiger partial charge is 0.381 e. The molecule has 1 saturated carbocycles. The summed E-state index contributed by atoms with van der Waals surface area (Å²) in [5.74, 6) is 4.22. The Kier molecular flexibility index (Phi) is 4.91. The molecule has 0 atom stereocenters. The molecular weight excluding hydrogens is 264 g/mol. The summed E-state index contributed by atoms with van der Waals surface area (Å²) in [5, 5.41) is 6.89. The Morgan fingerprint density at radius 3 is 2.48 bits per heavy atom. The van der Waals surface area contributed by atoms with Crippen molar-refractivity contribution < 1.29 is 4.74 Å². The maximum absolute atomic E-state index is 5.41. The van der Waals surface area contributed by atoms with E-state index >= 15 is 0 Å². The Bertz CT molecular complexity index is 456. The average molecular weight is 290 g/mol. The highest BCUT2D eigenvalue weighted by atomic mass is 16.5. The number of hydrogen-bond acceptors (Lipinski definition) is 5. The first kappa shape index (κ1) is 14.6. The van der Waals surface area contributed by atoms with Gasteiger partial charge in [-0.2, -0.15) is 0 Å². The van der Waals surface area contributed by atoms with Crippen molar-refractivity contribution in [3.8, 4) is 0 Å². The highest BCUT2D eigenvalue weighted by molar-refractivity contribution is 5.48. The predicted octanol–water partition coefficient (Wildman–Crippen LogP) is 3.01. The lowest BCUT2D eigenvalue weighted by molar-refractivity contribution is 0.0699. The molecule has 0 unspecified atom stereocenters. The first-order valence-corrected chi connectivity index (χ1v) is 8.29. The molecule has 0 bridgehead atoms. The van der Waals surface area contributed by atoms with Crippen molar-refractivity contribution in [3.63, 3.8) is 0 Å². The van der Waals surface area contributed by atoms with Gasteiger partial charge in [-0.25, -0.2) is 9.97 Å². The minimum absolute atomic E-state index is 0.581. The van der Waals surface area contributed by atoms with Crippen LogP contribution in [0.2, 0.25) is 0 Å². The Balaban J connectivity index is 1.63. The summed E-state index contributed by atoms with van der Waals surface area (Å²) >= 11 is 0. The summed E-state index contributed by atoms with van der Waals surface area (Å²) in [4.78, 5) is 9.34. The van der Waals surface area contributed by atoms with Crippen LogP contribution in [0.3, 0.4) is 0 Å². The number of nitrogens with one attached hydrogen (secondary N) is 2. The molecule has 5 heteroatoms. The van der Waals surface area contributed by atoms with Crippen LogP contribution in [0, 0.1) is 5.92 Å². The van der Waals surface area contributed by atoms with Crippen LogP contribution < -0.4 is 10.6 Å². The summed E-state index contributed by atoms with van der Waals surface area (Å²) < 4.78 is 5.41. The van der Waals surface area contributed by atoms with Gasteiger partial charge >= 0.3 is 0 Å². The van der Waals surface area contributed by atoms with Crippen LogP contribution in [-0.2, 0) is 4.74 Å². The highest BCUT2D eigenvalue weighted by Crippen LogP contribution is 2.38. The van der Waals surface area contributed by atoms with Gasteiger partial charge in [0.1, 0.15) is 17.5 Å². The first-order chi connectivity index (χ1) is 10.3. The number of ether oxygens (including phenoxy) is 1. The molecule has 5 nitrogen and oxygen atoms in total. The first-order valence-electron chi connectivity index (χ1n) is 8.29. The maximum Gasteiger partial charge on any atom is 0.136 e. The van der Waals surface area contributed by atoms with E-state index in [1.54, 1.807) is 0 Å².